The van der Waals surface area contributed by atoms with Crippen LogP contribution in [0, 0.1) is 11.7 Å². The quantitative estimate of drug-likeness (QED) is 0.882. The van der Waals surface area contributed by atoms with E-state index in [0.717, 1.165) is 31.6 Å². The molecule has 1 aliphatic rings. The molecule has 1 aromatic carbocycles. The summed E-state index contributed by atoms with van der Waals surface area (Å²) in [7, 11) is 0. The maximum absolute atomic E-state index is 13.2. The van der Waals surface area contributed by atoms with Crippen molar-refractivity contribution in [2.75, 3.05) is 13.1 Å². The van der Waals surface area contributed by atoms with Crippen molar-refractivity contribution in [3.8, 4) is 0 Å². The Balaban J connectivity index is 2.01. The number of nitrogens with zero attached hydrogens (tertiary/aromatic N) is 1. The van der Waals surface area contributed by atoms with Gasteiger partial charge in [-0.2, -0.15) is 0 Å². The number of halogens is 2. The zero-order valence-electron chi connectivity index (χ0n) is 10.00. The van der Waals surface area contributed by atoms with Crippen molar-refractivity contribution in [1.29, 1.82) is 0 Å². The molecule has 0 amide bonds. The molecule has 1 saturated heterocycles. The van der Waals surface area contributed by atoms with E-state index < -0.39 is 0 Å². The smallest absolute Gasteiger partial charge is 0.125 e. The van der Waals surface area contributed by atoms with Crippen molar-refractivity contribution in [2.24, 2.45) is 11.7 Å². The molecule has 0 bridgehead atoms. The summed E-state index contributed by atoms with van der Waals surface area (Å²) in [6, 6.07) is 5.00. The number of nitrogens with two attached hydrogens (primary N) is 1. The van der Waals surface area contributed by atoms with E-state index in [-0.39, 0.29) is 5.82 Å². The van der Waals surface area contributed by atoms with Crippen LogP contribution in [0.25, 0.3) is 0 Å². The zero-order chi connectivity index (χ0) is 12.4. The van der Waals surface area contributed by atoms with E-state index in [1.54, 1.807) is 6.07 Å². The summed E-state index contributed by atoms with van der Waals surface area (Å²) in [5.74, 6) is 0.224. The van der Waals surface area contributed by atoms with E-state index in [1.807, 2.05) is 6.07 Å². The highest BCUT2D eigenvalue weighted by Crippen LogP contribution is 2.20. The van der Waals surface area contributed by atoms with Crippen LogP contribution < -0.4 is 5.73 Å². The van der Waals surface area contributed by atoms with E-state index in [2.05, 4.69) is 11.8 Å². The first-order valence-electron chi connectivity index (χ1n) is 5.97. The molecule has 4 heteroatoms. The Morgan fingerprint density at radius 1 is 1.47 bits per heavy atom. The summed E-state index contributed by atoms with van der Waals surface area (Å²) in [4.78, 5) is 2.30. The molecule has 94 valence electrons. The molecule has 1 aliphatic heterocycles. The number of piperidine rings is 1. The molecule has 2 N–H and O–H groups in total. The van der Waals surface area contributed by atoms with Crippen molar-refractivity contribution in [1.82, 2.24) is 4.90 Å². The second-order valence-corrected chi connectivity index (χ2v) is 5.38. The third kappa shape index (κ3) is 3.41. The van der Waals surface area contributed by atoms with E-state index in [1.165, 1.54) is 6.07 Å². The average Bonchev–Trinajstić information content (AvgIpc) is 2.22. The molecule has 17 heavy (non-hydrogen) atoms. The standard InChI is InChI=1S/C13H18ClFN2/c1-9-7-17(3-2-13(9)16)8-10-4-11(14)6-12(15)5-10/h4-6,9,13H,2-3,7-8,16H2,1H3. The second kappa shape index (κ2) is 5.34. The van der Waals surface area contributed by atoms with Crippen molar-refractivity contribution in [3.63, 3.8) is 0 Å². The van der Waals surface area contributed by atoms with Crippen LogP contribution in [-0.2, 0) is 6.54 Å². The van der Waals surface area contributed by atoms with Gasteiger partial charge in [-0.1, -0.05) is 18.5 Å². The summed E-state index contributed by atoms with van der Waals surface area (Å²) < 4.78 is 13.2. The van der Waals surface area contributed by atoms with Gasteiger partial charge in [-0.3, -0.25) is 4.90 Å². The summed E-state index contributed by atoms with van der Waals surface area (Å²) >= 11 is 5.84. The van der Waals surface area contributed by atoms with Gasteiger partial charge in [0.15, 0.2) is 0 Å². The topological polar surface area (TPSA) is 29.3 Å². The Hall–Kier alpha value is -0.640. The van der Waals surface area contributed by atoms with Crippen LogP contribution in [0.5, 0.6) is 0 Å². The number of likely N-dealkylation sites (tertiary alicyclic amines) is 1. The van der Waals surface area contributed by atoms with Crippen LogP contribution >= 0.6 is 11.6 Å². The van der Waals surface area contributed by atoms with Crippen molar-refractivity contribution in [3.05, 3.63) is 34.6 Å². The number of rotatable bonds is 2. The fourth-order valence-electron chi connectivity index (χ4n) is 2.35. The summed E-state index contributed by atoms with van der Waals surface area (Å²) in [5, 5.41) is 0.460. The van der Waals surface area contributed by atoms with Crippen LogP contribution in [0.3, 0.4) is 0 Å². The van der Waals surface area contributed by atoms with Gasteiger partial charge >= 0.3 is 0 Å². The lowest BCUT2D eigenvalue weighted by Crippen LogP contribution is -2.45. The summed E-state index contributed by atoms with van der Waals surface area (Å²) in [6.45, 7) is 4.85. The molecule has 0 radical (unpaired) electrons. The maximum atomic E-state index is 13.2. The normalized spacial score (nSPS) is 26.1. The average molecular weight is 257 g/mol. The first-order chi connectivity index (χ1) is 8.04. The molecular weight excluding hydrogens is 239 g/mol. The fourth-order valence-corrected chi connectivity index (χ4v) is 2.60. The van der Waals surface area contributed by atoms with Crippen LogP contribution in [0.4, 0.5) is 4.39 Å². The lowest BCUT2D eigenvalue weighted by atomic mass is 9.94. The Labute approximate surface area is 107 Å². The van der Waals surface area contributed by atoms with E-state index in [4.69, 9.17) is 17.3 Å². The van der Waals surface area contributed by atoms with Crippen LogP contribution in [0.2, 0.25) is 5.02 Å². The van der Waals surface area contributed by atoms with E-state index in [9.17, 15) is 4.39 Å². The van der Waals surface area contributed by atoms with Gasteiger partial charge < -0.3 is 5.73 Å². The zero-order valence-corrected chi connectivity index (χ0v) is 10.8. The first-order valence-corrected chi connectivity index (χ1v) is 6.35. The molecule has 1 aromatic rings. The highest BCUT2D eigenvalue weighted by molar-refractivity contribution is 6.30. The SMILES string of the molecule is CC1CN(Cc2cc(F)cc(Cl)c2)CCC1N. The molecule has 2 rings (SSSR count). The lowest BCUT2D eigenvalue weighted by Gasteiger charge is -2.35. The van der Waals surface area contributed by atoms with Crippen molar-refractivity contribution < 1.29 is 4.39 Å². The minimum Gasteiger partial charge on any atom is -0.327 e. The Morgan fingerprint density at radius 3 is 2.88 bits per heavy atom. The second-order valence-electron chi connectivity index (χ2n) is 4.94. The van der Waals surface area contributed by atoms with Gasteiger partial charge in [-0.05, 0) is 42.6 Å². The Morgan fingerprint density at radius 2 is 2.24 bits per heavy atom. The van der Waals surface area contributed by atoms with Gasteiger partial charge in [0.1, 0.15) is 5.82 Å². The molecule has 2 nitrogen and oxygen atoms in total. The molecule has 0 aliphatic carbocycles. The lowest BCUT2D eigenvalue weighted by molar-refractivity contribution is 0.157. The van der Waals surface area contributed by atoms with Crippen LogP contribution in [0.15, 0.2) is 18.2 Å². The first kappa shape index (κ1) is 12.8. The molecule has 1 fully saturated rings. The molecular formula is C13H18ClFN2. The summed E-state index contributed by atoms with van der Waals surface area (Å²) in [5.41, 5.74) is 6.90. The van der Waals surface area contributed by atoms with Gasteiger partial charge in [0, 0.05) is 24.2 Å². The molecule has 2 atom stereocenters. The molecule has 1 heterocycles. The van der Waals surface area contributed by atoms with E-state index >= 15 is 0 Å². The highest BCUT2D eigenvalue weighted by Gasteiger charge is 2.22. The number of hydrogen-bond donors (Lipinski definition) is 1. The minimum atomic E-state index is -0.269. The molecule has 2 unspecified atom stereocenters. The molecule has 0 saturated carbocycles. The summed E-state index contributed by atoms with van der Waals surface area (Å²) in [6.07, 6.45) is 1.00. The molecule has 0 aromatic heterocycles. The van der Waals surface area contributed by atoms with E-state index in [0.29, 0.717) is 17.0 Å². The number of hydrogen-bond acceptors (Lipinski definition) is 2. The fraction of sp³-hybridized carbons (Fsp3) is 0.538. The predicted octanol–water partition coefficient (Wildman–Crippen LogP) is 2.65. The van der Waals surface area contributed by atoms with Crippen molar-refractivity contribution >= 4 is 11.6 Å². The van der Waals surface area contributed by atoms with Crippen LogP contribution in [-0.4, -0.2) is 24.0 Å². The predicted molar refractivity (Wildman–Crippen MR) is 68.4 cm³/mol. The third-order valence-corrected chi connectivity index (χ3v) is 3.60. The van der Waals surface area contributed by atoms with Crippen LogP contribution in [0.1, 0.15) is 18.9 Å². The van der Waals surface area contributed by atoms with Gasteiger partial charge in [-0.15, -0.1) is 0 Å². The maximum Gasteiger partial charge on any atom is 0.125 e. The molecule has 0 spiro atoms. The minimum absolute atomic E-state index is 0.269. The number of benzene rings is 1. The third-order valence-electron chi connectivity index (χ3n) is 3.38. The Kier molecular flexibility index (Phi) is 4.02. The Bertz CT molecular complexity index is 377. The van der Waals surface area contributed by atoms with Gasteiger partial charge in [0.05, 0.1) is 0 Å². The van der Waals surface area contributed by atoms with Gasteiger partial charge in [-0.25, -0.2) is 4.39 Å². The van der Waals surface area contributed by atoms with Gasteiger partial charge in [0.25, 0.3) is 0 Å². The van der Waals surface area contributed by atoms with Gasteiger partial charge in [0.2, 0.25) is 0 Å². The largest absolute Gasteiger partial charge is 0.327 e. The monoisotopic (exact) mass is 256 g/mol. The van der Waals surface area contributed by atoms with Crippen molar-refractivity contribution in [2.45, 2.75) is 25.9 Å². The highest BCUT2D eigenvalue weighted by atomic mass is 35.5.